The van der Waals surface area contributed by atoms with Crippen molar-refractivity contribution in [2.75, 3.05) is 0 Å². The standard InChI is InChI=1S/C43H82N2O7/c1-6-8-10-12-14-16-18-20-22-24-26-28-30-32-37(34-38(47)44-40(35(3)4)42(49)45-41(36(5)46)43(50)51)52-39(48)33-31-29-27-25-23-21-19-17-15-13-11-9-7-2/h35-37,40-41,46H,6-34H2,1-5H3,(H,44,47)(H,45,49)(H,50,51)/t36-,37?,40+,41+/m1/s1. The Morgan fingerprint density at radius 1 is 0.538 bits per heavy atom. The fourth-order valence-electron chi connectivity index (χ4n) is 6.73. The Morgan fingerprint density at radius 2 is 0.923 bits per heavy atom. The van der Waals surface area contributed by atoms with Gasteiger partial charge in [0.1, 0.15) is 12.1 Å². The van der Waals surface area contributed by atoms with E-state index in [1.54, 1.807) is 13.8 Å². The predicted molar refractivity (Wildman–Crippen MR) is 213 cm³/mol. The van der Waals surface area contributed by atoms with Gasteiger partial charge in [0.25, 0.3) is 0 Å². The molecule has 0 aromatic carbocycles. The SMILES string of the molecule is CCCCCCCCCCCCCCCC(=O)OC(CCCCCCCCCCCCCCC)CC(=O)N[C@H](C(=O)N[C@H](C(=O)O)[C@@H](C)O)C(C)C. The summed E-state index contributed by atoms with van der Waals surface area (Å²) in [6.07, 6.45) is 31.0. The fraction of sp³-hybridized carbons (Fsp3) is 0.907. The van der Waals surface area contributed by atoms with Gasteiger partial charge in [-0.25, -0.2) is 4.79 Å². The molecule has 4 atom stereocenters. The summed E-state index contributed by atoms with van der Waals surface area (Å²) in [5.74, 6) is -3.07. The van der Waals surface area contributed by atoms with Gasteiger partial charge in [-0.15, -0.1) is 0 Å². The maximum absolute atomic E-state index is 13.2. The number of aliphatic hydroxyl groups excluding tert-OH is 1. The minimum absolute atomic E-state index is 0.0577. The van der Waals surface area contributed by atoms with Crippen molar-refractivity contribution in [1.29, 1.82) is 0 Å². The molecule has 306 valence electrons. The van der Waals surface area contributed by atoms with E-state index in [9.17, 15) is 29.4 Å². The zero-order valence-electron chi connectivity index (χ0n) is 34.3. The average molecular weight is 739 g/mol. The first-order valence-corrected chi connectivity index (χ1v) is 21.7. The second kappa shape index (κ2) is 34.6. The number of esters is 1. The summed E-state index contributed by atoms with van der Waals surface area (Å²) in [4.78, 5) is 50.5. The molecule has 0 rings (SSSR count). The maximum Gasteiger partial charge on any atom is 0.328 e. The van der Waals surface area contributed by atoms with Gasteiger partial charge in [-0.3, -0.25) is 14.4 Å². The van der Waals surface area contributed by atoms with E-state index < -0.39 is 42.1 Å². The largest absolute Gasteiger partial charge is 0.480 e. The summed E-state index contributed by atoms with van der Waals surface area (Å²) < 4.78 is 5.85. The molecule has 9 nitrogen and oxygen atoms in total. The maximum atomic E-state index is 13.2. The number of unbranched alkanes of at least 4 members (excludes halogenated alkanes) is 24. The first-order chi connectivity index (χ1) is 25.0. The zero-order valence-corrected chi connectivity index (χ0v) is 34.3. The number of aliphatic hydroxyl groups is 1. The Kier molecular flexibility index (Phi) is 33.2. The van der Waals surface area contributed by atoms with Gasteiger partial charge < -0.3 is 25.6 Å². The lowest BCUT2D eigenvalue weighted by molar-refractivity contribution is -0.151. The van der Waals surface area contributed by atoms with E-state index in [1.807, 2.05) is 0 Å². The van der Waals surface area contributed by atoms with Gasteiger partial charge in [0, 0.05) is 6.42 Å². The Labute approximate surface area is 319 Å². The molecule has 4 N–H and O–H groups in total. The number of carboxylic acids is 1. The summed E-state index contributed by atoms with van der Waals surface area (Å²) in [5.41, 5.74) is 0. The molecule has 0 aliphatic carbocycles. The smallest absolute Gasteiger partial charge is 0.328 e. The summed E-state index contributed by atoms with van der Waals surface area (Å²) in [6.45, 7) is 9.29. The third-order valence-corrected chi connectivity index (χ3v) is 10.1. The molecule has 1 unspecified atom stereocenters. The molecule has 0 saturated carbocycles. The Hall–Kier alpha value is -2.16. The number of amides is 2. The Bertz CT molecular complexity index is 895. The van der Waals surface area contributed by atoms with Gasteiger partial charge >= 0.3 is 11.9 Å². The van der Waals surface area contributed by atoms with Crippen molar-refractivity contribution in [3.8, 4) is 0 Å². The predicted octanol–water partition coefficient (Wildman–Crippen LogP) is 10.3. The van der Waals surface area contributed by atoms with Crippen molar-refractivity contribution in [3.63, 3.8) is 0 Å². The zero-order chi connectivity index (χ0) is 38.8. The van der Waals surface area contributed by atoms with Crippen LogP contribution in [0, 0.1) is 5.92 Å². The Balaban J connectivity index is 4.77. The van der Waals surface area contributed by atoms with Crippen molar-refractivity contribution < 1.29 is 34.1 Å². The average Bonchev–Trinajstić information content (AvgIpc) is 3.09. The summed E-state index contributed by atoms with van der Waals surface area (Å²) in [5, 5.41) is 24.2. The summed E-state index contributed by atoms with van der Waals surface area (Å²) in [6, 6.07) is -2.48. The fourth-order valence-corrected chi connectivity index (χ4v) is 6.73. The van der Waals surface area contributed by atoms with Gasteiger partial charge in [-0.05, 0) is 32.1 Å². The van der Waals surface area contributed by atoms with Crippen LogP contribution in [0.15, 0.2) is 0 Å². The molecule has 52 heavy (non-hydrogen) atoms. The molecule has 0 spiro atoms. The lowest BCUT2D eigenvalue weighted by atomic mass is 10.0. The van der Waals surface area contributed by atoms with E-state index in [2.05, 4.69) is 24.5 Å². The van der Waals surface area contributed by atoms with Crippen molar-refractivity contribution in [2.24, 2.45) is 5.92 Å². The van der Waals surface area contributed by atoms with E-state index >= 15 is 0 Å². The molecule has 0 bridgehead atoms. The molecule has 0 aromatic rings. The van der Waals surface area contributed by atoms with Gasteiger partial charge in [0.15, 0.2) is 6.04 Å². The van der Waals surface area contributed by atoms with E-state index in [0.29, 0.717) is 12.8 Å². The first kappa shape index (κ1) is 49.8. The van der Waals surface area contributed by atoms with Crippen molar-refractivity contribution in [2.45, 2.75) is 245 Å². The highest BCUT2D eigenvalue weighted by Crippen LogP contribution is 2.18. The minimum Gasteiger partial charge on any atom is -0.480 e. The number of carbonyl (C=O) groups is 4. The van der Waals surface area contributed by atoms with Crippen LogP contribution in [0.25, 0.3) is 0 Å². The highest BCUT2D eigenvalue weighted by Gasteiger charge is 2.31. The van der Waals surface area contributed by atoms with Crippen LogP contribution in [0.2, 0.25) is 0 Å². The normalized spacial score (nSPS) is 13.8. The number of hydrogen-bond donors (Lipinski definition) is 4. The highest BCUT2D eigenvalue weighted by molar-refractivity contribution is 5.91. The molecule has 0 aromatic heterocycles. The molecule has 0 fully saturated rings. The topological polar surface area (TPSA) is 142 Å². The van der Waals surface area contributed by atoms with Gasteiger partial charge in [-0.2, -0.15) is 0 Å². The molecule has 2 amide bonds. The molecular weight excluding hydrogens is 656 g/mol. The molecule has 0 radical (unpaired) electrons. The van der Waals surface area contributed by atoms with Crippen LogP contribution in [0.4, 0.5) is 0 Å². The molecule has 0 saturated heterocycles. The van der Waals surface area contributed by atoms with E-state index in [0.717, 1.165) is 38.5 Å². The lowest BCUT2D eigenvalue weighted by Gasteiger charge is -2.26. The second-order valence-corrected chi connectivity index (χ2v) is 15.7. The van der Waals surface area contributed by atoms with E-state index in [4.69, 9.17) is 4.74 Å². The van der Waals surface area contributed by atoms with Crippen LogP contribution in [-0.2, 0) is 23.9 Å². The number of nitrogens with one attached hydrogen (secondary N) is 2. The monoisotopic (exact) mass is 739 g/mol. The summed E-state index contributed by atoms with van der Waals surface area (Å²) in [7, 11) is 0. The molecule has 9 heteroatoms. The second-order valence-electron chi connectivity index (χ2n) is 15.7. The van der Waals surface area contributed by atoms with Crippen LogP contribution in [0.1, 0.15) is 221 Å². The van der Waals surface area contributed by atoms with Crippen LogP contribution >= 0.6 is 0 Å². The van der Waals surface area contributed by atoms with E-state index in [-0.39, 0.29) is 18.3 Å². The molecule has 0 aliphatic rings. The Morgan fingerprint density at radius 3 is 1.29 bits per heavy atom. The van der Waals surface area contributed by atoms with Crippen LogP contribution in [0.5, 0.6) is 0 Å². The van der Waals surface area contributed by atoms with E-state index in [1.165, 1.54) is 135 Å². The number of carboxylic acid groups (broad SMARTS) is 1. The number of aliphatic carboxylic acids is 1. The van der Waals surface area contributed by atoms with Crippen LogP contribution in [-0.4, -0.2) is 58.3 Å². The van der Waals surface area contributed by atoms with Crippen molar-refractivity contribution in [3.05, 3.63) is 0 Å². The van der Waals surface area contributed by atoms with Gasteiger partial charge in [-0.1, -0.05) is 182 Å². The lowest BCUT2D eigenvalue weighted by Crippen LogP contribution is -2.56. The molecule has 0 aliphatic heterocycles. The third-order valence-electron chi connectivity index (χ3n) is 10.1. The van der Waals surface area contributed by atoms with Crippen LogP contribution < -0.4 is 10.6 Å². The highest BCUT2D eigenvalue weighted by atomic mass is 16.5. The quantitative estimate of drug-likeness (QED) is 0.0367. The number of ether oxygens (including phenoxy) is 1. The molecular formula is C43H82N2O7. The van der Waals surface area contributed by atoms with Crippen LogP contribution in [0.3, 0.4) is 0 Å². The summed E-state index contributed by atoms with van der Waals surface area (Å²) >= 11 is 0. The van der Waals surface area contributed by atoms with Gasteiger partial charge in [0.05, 0.1) is 12.5 Å². The van der Waals surface area contributed by atoms with Crippen molar-refractivity contribution in [1.82, 2.24) is 10.6 Å². The minimum atomic E-state index is -1.49. The number of carbonyl (C=O) groups excluding carboxylic acids is 3. The third kappa shape index (κ3) is 29.3. The molecule has 0 heterocycles. The number of rotatable bonds is 37. The number of hydrogen-bond acceptors (Lipinski definition) is 6. The van der Waals surface area contributed by atoms with Crippen molar-refractivity contribution >= 4 is 23.8 Å². The first-order valence-electron chi connectivity index (χ1n) is 21.7. The van der Waals surface area contributed by atoms with Gasteiger partial charge in [0.2, 0.25) is 11.8 Å².